The van der Waals surface area contributed by atoms with E-state index in [1.54, 1.807) is 29.8 Å². The monoisotopic (exact) mass is 415 g/mol. The van der Waals surface area contributed by atoms with Crippen molar-refractivity contribution >= 4 is 17.9 Å². The van der Waals surface area contributed by atoms with Gasteiger partial charge in [-0.2, -0.15) is 0 Å². The number of ether oxygens (including phenoxy) is 1. The molecule has 2 aromatic heterocycles. The van der Waals surface area contributed by atoms with Gasteiger partial charge in [0.2, 0.25) is 0 Å². The fourth-order valence-electron chi connectivity index (χ4n) is 3.25. The minimum Gasteiger partial charge on any atom is -0.478 e. The standard InChI is InChI=1S/C20H22FN5O2S/c1-15(27-18-5-3-2-4-17(18)21)19-23-26(20(29)28-19)14-24-10-12-25(13-11-24)16-6-8-22-9-7-16/h2-9,15H,10-14H2,1H3/t15-/m0/s1. The lowest BCUT2D eigenvalue weighted by atomic mass is 10.3. The molecule has 4 rings (SSSR count). The Balaban J connectivity index is 1.36. The van der Waals surface area contributed by atoms with Crippen LogP contribution in [0.1, 0.15) is 18.9 Å². The first-order valence-electron chi connectivity index (χ1n) is 9.46. The van der Waals surface area contributed by atoms with Crippen molar-refractivity contribution in [2.24, 2.45) is 0 Å². The molecule has 0 bridgehead atoms. The van der Waals surface area contributed by atoms with Gasteiger partial charge in [0.15, 0.2) is 17.7 Å². The third kappa shape index (κ3) is 4.63. The van der Waals surface area contributed by atoms with Gasteiger partial charge in [0.05, 0.1) is 6.67 Å². The Hall–Kier alpha value is -2.78. The molecular formula is C20H22FN5O2S. The molecule has 1 atom stereocenters. The number of benzene rings is 1. The molecule has 7 nitrogen and oxygen atoms in total. The quantitative estimate of drug-likeness (QED) is 0.570. The molecule has 0 unspecified atom stereocenters. The summed E-state index contributed by atoms with van der Waals surface area (Å²) < 4.78 is 26.7. The molecule has 1 aromatic carbocycles. The summed E-state index contributed by atoms with van der Waals surface area (Å²) in [4.78, 5) is 8.94. The largest absolute Gasteiger partial charge is 0.478 e. The Bertz CT molecular complexity index is 1000. The highest BCUT2D eigenvalue weighted by Gasteiger charge is 2.21. The highest BCUT2D eigenvalue weighted by Crippen LogP contribution is 2.23. The van der Waals surface area contributed by atoms with Crippen LogP contribution in [0.5, 0.6) is 5.75 Å². The molecule has 1 saturated heterocycles. The predicted octanol–water partition coefficient (Wildman–Crippen LogP) is 3.66. The van der Waals surface area contributed by atoms with E-state index in [9.17, 15) is 4.39 Å². The van der Waals surface area contributed by atoms with E-state index in [1.807, 2.05) is 24.5 Å². The van der Waals surface area contributed by atoms with Crippen LogP contribution in [0.4, 0.5) is 10.1 Å². The molecule has 0 amide bonds. The van der Waals surface area contributed by atoms with E-state index < -0.39 is 11.9 Å². The van der Waals surface area contributed by atoms with E-state index in [0.29, 0.717) is 12.6 Å². The average molecular weight is 415 g/mol. The van der Waals surface area contributed by atoms with Crippen molar-refractivity contribution < 1.29 is 13.5 Å². The Labute approximate surface area is 173 Å². The van der Waals surface area contributed by atoms with E-state index in [4.69, 9.17) is 21.4 Å². The molecule has 1 aliphatic rings. The number of rotatable bonds is 6. The summed E-state index contributed by atoms with van der Waals surface area (Å²) in [5.41, 5.74) is 1.18. The number of pyridine rings is 1. The summed E-state index contributed by atoms with van der Waals surface area (Å²) in [6.07, 6.45) is 3.06. The third-order valence-corrected chi connectivity index (χ3v) is 5.14. The highest BCUT2D eigenvalue weighted by molar-refractivity contribution is 7.71. The van der Waals surface area contributed by atoms with Crippen LogP contribution in [0, 0.1) is 10.7 Å². The fourth-order valence-corrected chi connectivity index (χ4v) is 3.43. The fraction of sp³-hybridized carbons (Fsp3) is 0.350. The van der Waals surface area contributed by atoms with Crippen molar-refractivity contribution in [1.82, 2.24) is 19.7 Å². The second kappa shape index (κ2) is 8.71. The highest BCUT2D eigenvalue weighted by atomic mass is 32.1. The summed E-state index contributed by atoms with van der Waals surface area (Å²) in [6.45, 7) is 5.88. The molecule has 0 aliphatic carbocycles. The molecule has 1 aliphatic heterocycles. The summed E-state index contributed by atoms with van der Waals surface area (Å²) in [6, 6.07) is 10.3. The molecule has 29 heavy (non-hydrogen) atoms. The summed E-state index contributed by atoms with van der Waals surface area (Å²) in [5, 5.41) is 4.44. The van der Waals surface area contributed by atoms with Gasteiger partial charge in [-0.05, 0) is 43.4 Å². The Morgan fingerprint density at radius 3 is 2.59 bits per heavy atom. The normalized spacial score (nSPS) is 16.0. The maximum absolute atomic E-state index is 13.8. The number of halogens is 1. The lowest BCUT2D eigenvalue weighted by Gasteiger charge is -2.35. The molecule has 1 fully saturated rings. The molecule has 3 aromatic rings. The third-order valence-electron chi connectivity index (χ3n) is 4.84. The zero-order chi connectivity index (χ0) is 20.2. The molecule has 0 saturated carbocycles. The van der Waals surface area contributed by atoms with Gasteiger partial charge in [0.1, 0.15) is 0 Å². The van der Waals surface area contributed by atoms with Crippen LogP contribution < -0.4 is 9.64 Å². The average Bonchev–Trinajstić information content (AvgIpc) is 3.11. The number of para-hydroxylation sites is 1. The van der Waals surface area contributed by atoms with Crippen molar-refractivity contribution in [3.63, 3.8) is 0 Å². The van der Waals surface area contributed by atoms with Crippen LogP contribution in [0.15, 0.2) is 53.2 Å². The Morgan fingerprint density at radius 2 is 1.86 bits per heavy atom. The first kappa shape index (κ1) is 19.5. The maximum atomic E-state index is 13.8. The lowest BCUT2D eigenvalue weighted by Crippen LogP contribution is -2.47. The SMILES string of the molecule is C[C@H](Oc1ccccc1F)c1nn(CN2CCN(c3ccncc3)CC2)c(=S)o1. The second-order valence-electron chi connectivity index (χ2n) is 6.85. The lowest BCUT2D eigenvalue weighted by molar-refractivity contribution is 0.178. The zero-order valence-electron chi connectivity index (χ0n) is 16.1. The second-order valence-corrected chi connectivity index (χ2v) is 7.20. The van der Waals surface area contributed by atoms with Crippen LogP contribution in [0.2, 0.25) is 0 Å². The van der Waals surface area contributed by atoms with E-state index in [0.717, 1.165) is 26.2 Å². The van der Waals surface area contributed by atoms with Crippen LogP contribution in [0.25, 0.3) is 0 Å². The molecule has 0 N–H and O–H groups in total. The molecule has 9 heteroatoms. The maximum Gasteiger partial charge on any atom is 0.288 e. The van der Waals surface area contributed by atoms with Gasteiger partial charge in [-0.15, -0.1) is 5.10 Å². The van der Waals surface area contributed by atoms with Gasteiger partial charge in [0.25, 0.3) is 10.7 Å². The van der Waals surface area contributed by atoms with Gasteiger partial charge >= 0.3 is 0 Å². The molecule has 0 spiro atoms. The van der Waals surface area contributed by atoms with Crippen molar-refractivity contribution in [3.05, 3.63) is 65.3 Å². The minimum atomic E-state index is -0.557. The Morgan fingerprint density at radius 1 is 1.14 bits per heavy atom. The van der Waals surface area contributed by atoms with Gasteiger partial charge < -0.3 is 14.1 Å². The van der Waals surface area contributed by atoms with E-state index in [-0.39, 0.29) is 10.6 Å². The zero-order valence-corrected chi connectivity index (χ0v) is 16.9. The van der Waals surface area contributed by atoms with Crippen molar-refractivity contribution in [2.45, 2.75) is 19.7 Å². The first-order chi connectivity index (χ1) is 14.1. The molecule has 152 valence electrons. The molecular weight excluding hydrogens is 393 g/mol. The molecule has 3 heterocycles. The van der Waals surface area contributed by atoms with Gasteiger partial charge in [0, 0.05) is 44.3 Å². The number of hydrogen-bond acceptors (Lipinski definition) is 7. The van der Waals surface area contributed by atoms with E-state index in [1.165, 1.54) is 11.8 Å². The van der Waals surface area contributed by atoms with Crippen LogP contribution in [-0.2, 0) is 6.67 Å². The van der Waals surface area contributed by atoms with Crippen LogP contribution >= 0.6 is 12.2 Å². The van der Waals surface area contributed by atoms with Crippen LogP contribution in [-0.4, -0.2) is 45.8 Å². The smallest absolute Gasteiger partial charge is 0.288 e. The topological polar surface area (TPSA) is 59.6 Å². The summed E-state index contributed by atoms with van der Waals surface area (Å²) >= 11 is 5.31. The van der Waals surface area contributed by atoms with E-state index >= 15 is 0 Å². The van der Waals surface area contributed by atoms with E-state index in [2.05, 4.69) is 19.9 Å². The van der Waals surface area contributed by atoms with Gasteiger partial charge in [-0.3, -0.25) is 9.88 Å². The number of aromatic nitrogens is 3. The molecule has 0 radical (unpaired) electrons. The number of piperazine rings is 1. The van der Waals surface area contributed by atoms with Crippen LogP contribution in [0.3, 0.4) is 0 Å². The van der Waals surface area contributed by atoms with Crippen molar-refractivity contribution in [2.75, 3.05) is 31.1 Å². The van der Waals surface area contributed by atoms with Gasteiger partial charge in [-0.1, -0.05) is 12.1 Å². The number of anilines is 1. The predicted molar refractivity (Wildman–Crippen MR) is 109 cm³/mol. The first-order valence-corrected chi connectivity index (χ1v) is 9.87. The summed E-state index contributed by atoms with van der Waals surface area (Å²) in [5.74, 6) is 0.0565. The summed E-state index contributed by atoms with van der Waals surface area (Å²) in [7, 11) is 0. The Kier molecular flexibility index (Phi) is 5.86. The van der Waals surface area contributed by atoms with Crippen molar-refractivity contribution in [3.8, 4) is 5.75 Å². The minimum absolute atomic E-state index is 0.155. The van der Waals surface area contributed by atoms with Crippen molar-refractivity contribution in [1.29, 1.82) is 0 Å². The number of nitrogens with zero attached hydrogens (tertiary/aromatic N) is 5. The number of hydrogen-bond donors (Lipinski definition) is 0. The van der Waals surface area contributed by atoms with Gasteiger partial charge in [-0.25, -0.2) is 9.07 Å².